The Morgan fingerprint density at radius 3 is 2.20 bits per heavy atom. The van der Waals surface area contributed by atoms with Crippen molar-refractivity contribution in [1.82, 2.24) is 29.1 Å². The summed E-state index contributed by atoms with van der Waals surface area (Å²) >= 11 is 12.8. The molecule has 1 aliphatic carbocycles. The molecule has 266 valence electrons. The van der Waals surface area contributed by atoms with E-state index in [1.807, 2.05) is 30.3 Å². The van der Waals surface area contributed by atoms with Crippen molar-refractivity contribution in [3.8, 4) is 11.4 Å². The van der Waals surface area contributed by atoms with E-state index >= 15 is 0 Å². The predicted octanol–water partition coefficient (Wildman–Crippen LogP) is 5.80. The fourth-order valence-corrected chi connectivity index (χ4v) is 7.90. The summed E-state index contributed by atoms with van der Waals surface area (Å²) in [6.45, 7) is 5.18. The predicted molar refractivity (Wildman–Crippen MR) is 195 cm³/mol. The number of hydrogen-bond donors (Lipinski definition) is 0. The number of piperazine rings is 1. The second-order valence-corrected chi connectivity index (χ2v) is 14.3. The normalized spacial score (nSPS) is 21.1. The molecule has 3 fully saturated rings. The Labute approximate surface area is 306 Å². The van der Waals surface area contributed by atoms with Gasteiger partial charge in [0, 0.05) is 54.7 Å². The Hall–Kier alpha value is -4.36. The average Bonchev–Trinajstić information content (AvgIpc) is 3.99. The number of nitrogens with zero attached hydrogens (tertiary/aromatic N) is 8. The van der Waals surface area contributed by atoms with Crippen molar-refractivity contribution in [2.75, 3.05) is 49.2 Å². The van der Waals surface area contributed by atoms with Gasteiger partial charge in [-0.3, -0.25) is 0 Å². The van der Waals surface area contributed by atoms with E-state index in [0.29, 0.717) is 41.3 Å². The van der Waals surface area contributed by atoms with Gasteiger partial charge in [-0.2, -0.15) is 10.2 Å². The molecule has 0 bridgehead atoms. The summed E-state index contributed by atoms with van der Waals surface area (Å²) in [4.78, 5) is 21.8. The van der Waals surface area contributed by atoms with Crippen LogP contribution in [0.5, 0.6) is 5.75 Å². The molecule has 0 spiro atoms. The maximum Gasteiger partial charge on any atom is 0.350 e. The van der Waals surface area contributed by atoms with E-state index in [4.69, 9.17) is 37.4 Å². The van der Waals surface area contributed by atoms with E-state index in [2.05, 4.69) is 49.2 Å². The molecule has 12 nitrogen and oxygen atoms in total. The topological polar surface area (TPSA) is 105 Å². The summed E-state index contributed by atoms with van der Waals surface area (Å²) in [6, 6.07) is 21.6. The Bertz CT molecular complexity index is 1970. The molecule has 51 heavy (non-hydrogen) atoms. The van der Waals surface area contributed by atoms with Gasteiger partial charge in [-0.05, 0) is 79.4 Å². The van der Waals surface area contributed by atoms with Crippen molar-refractivity contribution < 1.29 is 14.2 Å². The molecule has 4 heterocycles. The van der Waals surface area contributed by atoms with E-state index in [1.54, 1.807) is 38.7 Å². The Morgan fingerprint density at radius 2 is 1.53 bits per heavy atom. The van der Waals surface area contributed by atoms with Crippen LogP contribution in [-0.2, 0) is 28.4 Å². The van der Waals surface area contributed by atoms with Gasteiger partial charge in [0.05, 0.1) is 17.3 Å². The zero-order valence-corrected chi connectivity index (χ0v) is 29.7. The number of hydrogen-bond acceptors (Lipinski definition) is 9. The molecule has 5 aromatic rings. The lowest BCUT2D eigenvalue weighted by atomic mass is 10.1. The fraction of sp³-hybridized carbons (Fsp3) is 0.405. The fourth-order valence-electron chi connectivity index (χ4n) is 7.35. The van der Waals surface area contributed by atoms with E-state index in [-0.39, 0.29) is 18.3 Å². The number of halogens is 2. The lowest BCUT2D eigenvalue weighted by molar-refractivity contribution is -0.190. The number of aromatic nitrogens is 6. The third-order valence-electron chi connectivity index (χ3n) is 10.1. The third-order valence-corrected chi connectivity index (χ3v) is 10.6. The maximum atomic E-state index is 13.0. The number of benzene rings is 3. The standard InChI is InChI=1S/C37H40Cl2N8O4/c38-28-5-14-34(35(39)19-28)37(23-45-25-40-24-41-45)50-22-33(51-37)21-49-32-12-10-30(11-13-32)44-17-15-43(16-18-44)29-6-8-31(9-7-29)46-26-42-47(36(46)48)20-27-3-1-2-4-27/h5-14,19,24-27,33H,1-4,15-18,20-23H2/t33-,37-/m1/s1. The van der Waals surface area contributed by atoms with E-state index in [0.717, 1.165) is 49.0 Å². The van der Waals surface area contributed by atoms with Gasteiger partial charge in [0.15, 0.2) is 0 Å². The van der Waals surface area contributed by atoms with Crippen molar-refractivity contribution in [2.24, 2.45) is 5.92 Å². The largest absolute Gasteiger partial charge is 0.491 e. The minimum absolute atomic E-state index is 0.0681. The summed E-state index contributed by atoms with van der Waals surface area (Å²) in [5, 5.41) is 9.61. The molecule has 2 aliphatic heterocycles. The maximum absolute atomic E-state index is 13.0. The molecule has 2 atom stereocenters. The number of rotatable bonds is 11. The summed E-state index contributed by atoms with van der Waals surface area (Å²) in [7, 11) is 0. The van der Waals surface area contributed by atoms with Crippen LogP contribution in [0.2, 0.25) is 10.0 Å². The van der Waals surface area contributed by atoms with Gasteiger partial charge >= 0.3 is 5.69 Å². The van der Waals surface area contributed by atoms with Crippen molar-refractivity contribution >= 4 is 34.6 Å². The van der Waals surface area contributed by atoms with E-state index < -0.39 is 5.79 Å². The number of ether oxygens (including phenoxy) is 3. The van der Waals surface area contributed by atoms with Crippen molar-refractivity contribution in [2.45, 2.75) is 50.7 Å². The van der Waals surface area contributed by atoms with Crippen molar-refractivity contribution in [3.63, 3.8) is 0 Å². The van der Waals surface area contributed by atoms with Crippen molar-refractivity contribution in [3.05, 3.63) is 112 Å². The molecule has 0 N–H and O–H groups in total. The first-order valence-electron chi connectivity index (χ1n) is 17.5. The highest BCUT2D eigenvalue weighted by Gasteiger charge is 2.45. The van der Waals surface area contributed by atoms with Crippen LogP contribution in [-0.4, -0.2) is 74.6 Å². The van der Waals surface area contributed by atoms with Gasteiger partial charge in [-0.15, -0.1) is 0 Å². The molecule has 8 rings (SSSR count). The second kappa shape index (κ2) is 14.7. The Morgan fingerprint density at radius 1 is 0.843 bits per heavy atom. The summed E-state index contributed by atoms with van der Waals surface area (Å²) in [5.41, 5.74) is 3.74. The van der Waals surface area contributed by atoms with Crippen LogP contribution in [0.15, 0.2) is 90.5 Å². The minimum atomic E-state index is -1.16. The van der Waals surface area contributed by atoms with Crippen LogP contribution in [0.25, 0.3) is 5.69 Å². The van der Waals surface area contributed by atoms with Crippen LogP contribution in [0.1, 0.15) is 31.2 Å². The molecular formula is C37H40Cl2N8O4. The highest BCUT2D eigenvalue weighted by Crippen LogP contribution is 2.40. The lowest BCUT2D eigenvalue weighted by Crippen LogP contribution is -2.46. The van der Waals surface area contributed by atoms with Crippen LogP contribution in [0.4, 0.5) is 11.4 Å². The SMILES string of the molecule is O=c1n(-c2ccc(N3CCN(c4ccc(OC[C@@H]5CO[C@@](Cn6cncn6)(c6ccc(Cl)cc6Cl)O5)cc4)CC3)cc2)cnn1CC1CCCC1. The van der Waals surface area contributed by atoms with E-state index in [9.17, 15) is 4.79 Å². The van der Waals surface area contributed by atoms with Gasteiger partial charge in [-0.25, -0.2) is 23.7 Å². The first-order chi connectivity index (χ1) is 24.9. The zero-order chi connectivity index (χ0) is 34.8. The Kier molecular flexibility index (Phi) is 9.74. The first kappa shape index (κ1) is 33.8. The van der Waals surface area contributed by atoms with Gasteiger partial charge in [-0.1, -0.05) is 42.1 Å². The van der Waals surface area contributed by atoms with Crippen LogP contribution >= 0.6 is 23.2 Å². The first-order valence-corrected chi connectivity index (χ1v) is 18.3. The summed E-state index contributed by atoms with van der Waals surface area (Å²) < 4.78 is 23.8. The summed E-state index contributed by atoms with van der Waals surface area (Å²) in [5.74, 6) is 0.157. The van der Waals surface area contributed by atoms with Crippen LogP contribution < -0.4 is 20.2 Å². The van der Waals surface area contributed by atoms with Crippen LogP contribution in [0, 0.1) is 5.92 Å². The smallest absolute Gasteiger partial charge is 0.350 e. The lowest BCUT2D eigenvalue weighted by Gasteiger charge is -2.37. The molecule has 3 aromatic carbocycles. The third kappa shape index (κ3) is 7.36. The molecule has 0 amide bonds. The molecule has 3 aliphatic rings. The van der Waals surface area contributed by atoms with E-state index in [1.165, 1.54) is 32.0 Å². The molecular weight excluding hydrogens is 691 g/mol. The highest BCUT2D eigenvalue weighted by molar-refractivity contribution is 6.35. The second-order valence-electron chi connectivity index (χ2n) is 13.4. The zero-order valence-electron chi connectivity index (χ0n) is 28.2. The quantitative estimate of drug-likeness (QED) is 0.167. The highest BCUT2D eigenvalue weighted by atomic mass is 35.5. The molecule has 14 heteroatoms. The van der Waals surface area contributed by atoms with Gasteiger partial charge < -0.3 is 24.0 Å². The molecule has 0 unspecified atom stereocenters. The van der Waals surface area contributed by atoms with Gasteiger partial charge in [0.1, 0.15) is 44.0 Å². The van der Waals surface area contributed by atoms with Crippen LogP contribution in [0.3, 0.4) is 0 Å². The molecule has 1 saturated carbocycles. The monoisotopic (exact) mass is 730 g/mol. The average molecular weight is 732 g/mol. The number of anilines is 2. The Balaban J connectivity index is 0.837. The molecule has 2 aromatic heterocycles. The molecule has 0 radical (unpaired) electrons. The van der Waals surface area contributed by atoms with Crippen molar-refractivity contribution in [1.29, 1.82) is 0 Å². The summed E-state index contributed by atoms with van der Waals surface area (Å²) in [6.07, 6.45) is 9.27. The molecule has 2 saturated heterocycles. The minimum Gasteiger partial charge on any atom is -0.491 e. The van der Waals surface area contributed by atoms with Gasteiger partial charge in [0.2, 0.25) is 5.79 Å². The van der Waals surface area contributed by atoms with Gasteiger partial charge in [0.25, 0.3) is 0 Å².